The van der Waals surface area contributed by atoms with E-state index in [0.29, 0.717) is 22.4 Å². The van der Waals surface area contributed by atoms with Crippen molar-refractivity contribution in [3.8, 4) is 5.75 Å². The lowest BCUT2D eigenvalue weighted by Gasteiger charge is -2.08. The lowest BCUT2D eigenvalue weighted by molar-refractivity contribution is -0.142. The fourth-order valence-corrected chi connectivity index (χ4v) is 1.84. The van der Waals surface area contributed by atoms with E-state index in [2.05, 4.69) is 21.2 Å². The third-order valence-electron chi connectivity index (χ3n) is 2.34. The lowest BCUT2D eigenvalue weighted by Crippen LogP contribution is -2.26. The molecule has 1 amide bonds. The molecule has 0 spiro atoms. The molecule has 1 rings (SSSR count). The SMILES string of the molecule is CCOC(=O)CCNC(=O)c1cc(OC)ccc1Br. The molecule has 5 nitrogen and oxygen atoms in total. The molecule has 0 atom stereocenters. The molecule has 0 aliphatic rings. The van der Waals surface area contributed by atoms with Gasteiger partial charge in [0.15, 0.2) is 0 Å². The Balaban J connectivity index is 2.56. The predicted molar refractivity (Wildman–Crippen MR) is 74.3 cm³/mol. The molecule has 0 aliphatic carbocycles. The molecule has 0 saturated carbocycles. The summed E-state index contributed by atoms with van der Waals surface area (Å²) >= 11 is 3.30. The van der Waals surface area contributed by atoms with Gasteiger partial charge in [-0.3, -0.25) is 9.59 Å². The number of halogens is 1. The topological polar surface area (TPSA) is 64.6 Å². The van der Waals surface area contributed by atoms with Crippen LogP contribution in [0.5, 0.6) is 5.75 Å². The van der Waals surface area contributed by atoms with Gasteiger partial charge in [0.1, 0.15) is 5.75 Å². The first kappa shape index (κ1) is 15.5. The average molecular weight is 330 g/mol. The van der Waals surface area contributed by atoms with Gasteiger partial charge in [0.25, 0.3) is 5.91 Å². The molecule has 0 fully saturated rings. The fraction of sp³-hybridized carbons (Fsp3) is 0.385. The number of nitrogens with one attached hydrogen (secondary N) is 1. The number of esters is 1. The van der Waals surface area contributed by atoms with E-state index in [1.54, 1.807) is 25.1 Å². The zero-order valence-corrected chi connectivity index (χ0v) is 12.5. The molecule has 0 saturated heterocycles. The van der Waals surface area contributed by atoms with Gasteiger partial charge in [0.2, 0.25) is 0 Å². The molecular formula is C13H16BrNO4. The quantitative estimate of drug-likeness (QED) is 0.812. The van der Waals surface area contributed by atoms with E-state index in [0.717, 1.165) is 0 Å². The first-order valence-corrected chi connectivity index (χ1v) is 6.65. The van der Waals surface area contributed by atoms with E-state index in [1.165, 1.54) is 7.11 Å². The van der Waals surface area contributed by atoms with Crippen LogP contribution in [0, 0.1) is 0 Å². The van der Waals surface area contributed by atoms with Gasteiger partial charge in [-0.1, -0.05) is 0 Å². The third-order valence-corrected chi connectivity index (χ3v) is 3.03. The van der Waals surface area contributed by atoms with Crippen molar-refractivity contribution in [1.82, 2.24) is 5.32 Å². The summed E-state index contributed by atoms with van der Waals surface area (Å²) in [5.41, 5.74) is 0.461. The summed E-state index contributed by atoms with van der Waals surface area (Å²) in [6, 6.07) is 5.11. The van der Waals surface area contributed by atoms with Crippen LogP contribution in [0.4, 0.5) is 0 Å². The Morgan fingerprint density at radius 2 is 2.11 bits per heavy atom. The number of methoxy groups -OCH3 is 1. The van der Waals surface area contributed by atoms with Gasteiger partial charge >= 0.3 is 5.97 Å². The summed E-state index contributed by atoms with van der Waals surface area (Å²) in [7, 11) is 1.53. The van der Waals surface area contributed by atoms with E-state index in [1.807, 2.05) is 0 Å². The van der Waals surface area contributed by atoms with Gasteiger partial charge in [0, 0.05) is 11.0 Å². The number of carbonyl (C=O) groups is 2. The Morgan fingerprint density at radius 1 is 1.37 bits per heavy atom. The maximum Gasteiger partial charge on any atom is 0.307 e. The summed E-state index contributed by atoms with van der Waals surface area (Å²) in [6.45, 7) is 2.32. The largest absolute Gasteiger partial charge is 0.497 e. The molecule has 0 heterocycles. The zero-order chi connectivity index (χ0) is 14.3. The van der Waals surface area contributed by atoms with Crippen LogP contribution in [0.1, 0.15) is 23.7 Å². The Labute approximate surface area is 120 Å². The molecule has 0 bridgehead atoms. The Kier molecular flexibility index (Phi) is 6.35. The maximum atomic E-state index is 11.9. The van der Waals surface area contributed by atoms with E-state index < -0.39 is 0 Å². The average Bonchev–Trinajstić information content (AvgIpc) is 2.39. The summed E-state index contributed by atoms with van der Waals surface area (Å²) < 4.78 is 10.5. The van der Waals surface area contributed by atoms with Gasteiger partial charge in [-0.2, -0.15) is 0 Å². The molecule has 0 aromatic heterocycles. The number of carbonyl (C=O) groups excluding carboxylic acids is 2. The van der Waals surface area contributed by atoms with Gasteiger partial charge in [-0.25, -0.2) is 0 Å². The second-order valence-electron chi connectivity index (χ2n) is 3.66. The number of hydrogen-bond donors (Lipinski definition) is 1. The highest BCUT2D eigenvalue weighted by Gasteiger charge is 2.11. The van der Waals surface area contributed by atoms with Crippen molar-refractivity contribution in [2.24, 2.45) is 0 Å². The summed E-state index contributed by atoms with van der Waals surface area (Å²) in [6.07, 6.45) is 0.154. The minimum Gasteiger partial charge on any atom is -0.497 e. The second-order valence-corrected chi connectivity index (χ2v) is 4.51. The molecule has 0 aliphatic heterocycles. The minimum absolute atomic E-state index is 0.154. The summed E-state index contributed by atoms with van der Waals surface area (Å²) in [5, 5.41) is 2.66. The van der Waals surface area contributed by atoms with Crippen molar-refractivity contribution >= 4 is 27.8 Å². The number of amides is 1. The van der Waals surface area contributed by atoms with Crippen molar-refractivity contribution in [2.75, 3.05) is 20.3 Å². The van der Waals surface area contributed by atoms with E-state index in [-0.39, 0.29) is 24.8 Å². The van der Waals surface area contributed by atoms with Crippen molar-refractivity contribution in [3.63, 3.8) is 0 Å². The maximum absolute atomic E-state index is 11.9. The van der Waals surface area contributed by atoms with Crippen LogP contribution in [0.25, 0.3) is 0 Å². The number of benzene rings is 1. The van der Waals surface area contributed by atoms with E-state index in [9.17, 15) is 9.59 Å². The summed E-state index contributed by atoms with van der Waals surface area (Å²) in [5.74, 6) is 0.00123. The highest BCUT2D eigenvalue weighted by Crippen LogP contribution is 2.22. The second kappa shape index (κ2) is 7.78. The zero-order valence-electron chi connectivity index (χ0n) is 10.9. The molecule has 1 aromatic rings. The highest BCUT2D eigenvalue weighted by molar-refractivity contribution is 9.10. The smallest absolute Gasteiger partial charge is 0.307 e. The highest BCUT2D eigenvalue weighted by atomic mass is 79.9. The van der Waals surface area contributed by atoms with Crippen LogP contribution < -0.4 is 10.1 Å². The molecule has 1 N–H and O–H groups in total. The molecular weight excluding hydrogens is 314 g/mol. The third kappa shape index (κ3) is 4.90. The van der Waals surface area contributed by atoms with Crippen LogP contribution in [0.3, 0.4) is 0 Å². The van der Waals surface area contributed by atoms with Crippen LogP contribution in [0.2, 0.25) is 0 Å². The van der Waals surface area contributed by atoms with Crippen molar-refractivity contribution in [2.45, 2.75) is 13.3 Å². The van der Waals surface area contributed by atoms with Crippen LogP contribution in [-0.4, -0.2) is 32.1 Å². The monoisotopic (exact) mass is 329 g/mol. The lowest BCUT2D eigenvalue weighted by atomic mass is 10.2. The van der Waals surface area contributed by atoms with Crippen LogP contribution >= 0.6 is 15.9 Å². The molecule has 0 radical (unpaired) electrons. The Hall–Kier alpha value is -1.56. The standard InChI is InChI=1S/C13H16BrNO4/c1-3-19-12(16)6-7-15-13(17)10-8-9(18-2)4-5-11(10)14/h4-5,8H,3,6-7H2,1-2H3,(H,15,17). The molecule has 6 heteroatoms. The number of rotatable bonds is 6. The van der Waals surface area contributed by atoms with Gasteiger partial charge in [0.05, 0.1) is 25.7 Å². The molecule has 0 unspecified atom stereocenters. The van der Waals surface area contributed by atoms with Crippen molar-refractivity contribution in [1.29, 1.82) is 0 Å². The Bertz CT molecular complexity index is 462. The van der Waals surface area contributed by atoms with Gasteiger partial charge in [-0.15, -0.1) is 0 Å². The molecule has 104 valence electrons. The minimum atomic E-state index is -0.326. The molecule has 19 heavy (non-hydrogen) atoms. The predicted octanol–water partition coefficient (Wildman–Crippen LogP) is 2.14. The first-order chi connectivity index (χ1) is 9.08. The number of ether oxygens (including phenoxy) is 2. The van der Waals surface area contributed by atoms with Crippen LogP contribution in [0.15, 0.2) is 22.7 Å². The van der Waals surface area contributed by atoms with Crippen molar-refractivity contribution in [3.05, 3.63) is 28.2 Å². The van der Waals surface area contributed by atoms with E-state index in [4.69, 9.17) is 9.47 Å². The van der Waals surface area contributed by atoms with Crippen LogP contribution in [-0.2, 0) is 9.53 Å². The van der Waals surface area contributed by atoms with Crippen molar-refractivity contribution < 1.29 is 19.1 Å². The fourth-order valence-electron chi connectivity index (χ4n) is 1.41. The molecule has 1 aromatic carbocycles. The van der Waals surface area contributed by atoms with E-state index >= 15 is 0 Å². The van der Waals surface area contributed by atoms with Gasteiger partial charge in [-0.05, 0) is 41.1 Å². The van der Waals surface area contributed by atoms with Gasteiger partial charge < -0.3 is 14.8 Å². The Morgan fingerprint density at radius 3 is 2.74 bits per heavy atom. The summed E-state index contributed by atoms with van der Waals surface area (Å²) in [4.78, 5) is 23.0. The number of hydrogen-bond acceptors (Lipinski definition) is 4. The normalized spacial score (nSPS) is 9.84. The first-order valence-electron chi connectivity index (χ1n) is 5.85.